The van der Waals surface area contributed by atoms with Crippen LogP contribution >= 0.6 is 0 Å². The molecule has 0 aromatic heterocycles. The molecule has 0 atom stereocenters. The van der Waals surface area contributed by atoms with Crippen LogP contribution in [0.25, 0.3) is 0 Å². The largest absolute Gasteiger partial charge is 0.0625 e. The van der Waals surface area contributed by atoms with Crippen LogP contribution in [0.2, 0.25) is 0 Å². The SMILES string of the molecule is C[C](C)C1CCC(C)CC1. The van der Waals surface area contributed by atoms with Gasteiger partial charge in [0.1, 0.15) is 0 Å². The lowest BCUT2D eigenvalue weighted by atomic mass is 9.78. The zero-order chi connectivity index (χ0) is 7.56. The van der Waals surface area contributed by atoms with Crippen molar-refractivity contribution < 1.29 is 0 Å². The fourth-order valence-corrected chi connectivity index (χ4v) is 1.84. The van der Waals surface area contributed by atoms with E-state index in [1.54, 1.807) is 5.92 Å². The minimum absolute atomic E-state index is 0.955. The highest BCUT2D eigenvalue weighted by Gasteiger charge is 2.20. The van der Waals surface area contributed by atoms with E-state index in [1.807, 2.05) is 0 Å². The van der Waals surface area contributed by atoms with Crippen LogP contribution in [0.15, 0.2) is 0 Å². The van der Waals surface area contributed by atoms with Gasteiger partial charge in [0.15, 0.2) is 0 Å². The Labute approximate surface area is 65.0 Å². The first-order valence-corrected chi connectivity index (χ1v) is 4.50. The summed E-state index contributed by atoms with van der Waals surface area (Å²) in [5, 5.41) is 0. The van der Waals surface area contributed by atoms with Crippen molar-refractivity contribution in [2.24, 2.45) is 11.8 Å². The highest BCUT2D eigenvalue weighted by molar-refractivity contribution is 4.89. The zero-order valence-corrected chi connectivity index (χ0v) is 7.48. The van der Waals surface area contributed by atoms with E-state index in [9.17, 15) is 0 Å². The molecule has 1 radical (unpaired) electrons. The van der Waals surface area contributed by atoms with Gasteiger partial charge in [-0.25, -0.2) is 0 Å². The Balaban J connectivity index is 2.26. The number of hydrogen-bond acceptors (Lipinski definition) is 0. The number of rotatable bonds is 1. The summed E-state index contributed by atoms with van der Waals surface area (Å²) in [5.74, 6) is 3.60. The van der Waals surface area contributed by atoms with Crippen LogP contribution < -0.4 is 0 Å². The van der Waals surface area contributed by atoms with Gasteiger partial charge in [-0.2, -0.15) is 0 Å². The molecule has 0 unspecified atom stereocenters. The second-order valence-corrected chi connectivity index (χ2v) is 4.03. The molecule has 0 heteroatoms. The van der Waals surface area contributed by atoms with Crippen molar-refractivity contribution in [3.05, 3.63) is 5.92 Å². The molecule has 0 heterocycles. The maximum absolute atomic E-state index is 2.38. The Hall–Kier alpha value is 0. The van der Waals surface area contributed by atoms with E-state index in [1.165, 1.54) is 25.7 Å². The Morgan fingerprint density at radius 3 is 1.90 bits per heavy atom. The van der Waals surface area contributed by atoms with Gasteiger partial charge in [-0.15, -0.1) is 0 Å². The smallest absolute Gasteiger partial charge is 0.0272 e. The summed E-state index contributed by atoms with van der Waals surface area (Å²) in [7, 11) is 0. The second-order valence-electron chi connectivity index (χ2n) is 4.03. The number of hydrogen-bond donors (Lipinski definition) is 0. The Bertz CT molecular complexity index is 86.2. The predicted octanol–water partition coefficient (Wildman–Crippen LogP) is 3.43. The Morgan fingerprint density at radius 2 is 1.50 bits per heavy atom. The van der Waals surface area contributed by atoms with E-state index in [4.69, 9.17) is 0 Å². The van der Waals surface area contributed by atoms with Crippen LogP contribution in [0.3, 0.4) is 0 Å². The van der Waals surface area contributed by atoms with Crippen molar-refractivity contribution >= 4 is 0 Å². The minimum Gasteiger partial charge on any atom is -0.0625 e. The maximum Gasteiger partial charge on any atom is -0.0272 e. The van der Waals surface area contributed by atoms with Gasteiger partial charge in [0.25, 0.3) is 0 Å². The highest BCUT2D eigenvalue weighted by Crippen LogP contribution is 2.33. The normalized spacial score (nSPS) is 34.8. The fraction of sp³-hybridized carbons (Fsp3) is 0.900. The molecular formula is C10H19. The monoisotopic (exact) mass is 139 g/mol. The van der Waals surface area contributed by atoms with Crippen LogP contribution in [0.5, 0.6) is 0 Å². The molecular weight excluding hydrogens is 120 g/mol. The van der Waals surface area contributed by atoms with E-state index in [-0.39, 0.29) is 0 Å². The lowest BCUT2D eigenvalue weighted by molar-refractivity contribution is 0.300. The first kappa shape index (κ1) is 8.10. The summed E-state index contributed by atoms with van der Waals surface area (Å²) in [6.45, 7) is 6.93. The van der Waals surface area contributed by atoms with Gasteiger partial charge in [0.05, 0.1) is 0 Å². The standard InChI is InChI=1S/C10H19/c1-8(2)10-6-4-9(3)5-7-10/h9-10H,4-7H2,1-3H3. The summed E-state index contributed by atoms with van der Waals surface area (Å²) in [4.78, 5) is 0. The lowest BCUT2D eigenvalue weighted by Crippen LogP contribution is -2.15. The van der Waals surface area contributed by atoms with Crippen LogP contribution in [-0.4, -0.2) is 0 Å². The van der Waals surface area contributed by atoms with Gasteiger partial charge in [-0.3, -0.25) is 0 Å². The molecule has 0 aromatic carbocycles. The average molecular weight is 139 g/mol. The Kier molecular flexibility index (Phi) is 2.76. The summed E-state index contributed by atoms with van der Waals surface area (Å²) in [5.41, 5.74) is 0. The van der Waals surface area contributed by atoms with E-state index in [0.29, 0.717) is 0 Å². The van der Waals surface area contributed by atoms with Crippen LogP contribution in [0, 0.1) is 17.8 Å². The molecule has 0 aromatic rings. The quantitative estimate of drug-likeness (QED) is 0.522. The van der Waals surface area contributed by atoms with Crippen molar-refractivity contribution in [3.63, 3.8) is 0 Å². The molecule has 0 nitrogen and oxygen atoms in total. The van der Waals surface area contributed by atoms with E-state index < -0.39 is 0 Å². The fourth-order valence-electron chi connectivity index (χ4n) is 1.84. The minimum atomic E-state index is 0.955. The van der Waals surface area contributed by atoms with Gasteiger partial charge in [0, 0.05) is 0 Å². The first-order chi connectivity index (χ1) is 4.70. The maximum atomic E-state index is 2.38. The molecule has 1 fully saturated rings. The third-order valence-electron chi connectivity index (χ3n) is 2.83. The molecule has 1 rings (SSSR count). The van der Waals surface area contributed by atoms with Crippen LogP contribution in [0.1, 0.15) is 46.5 Å². The second kappa shape index (κ2) is 3.41. The molecule has 0 bridgehead atoms. The Morgan fingerprint density at radius 1 is 1.00 bits per heavy atom. The third kappa shape index (κ3) is 2.00. The molecule has 0 saturated heterocycles. The average Bonchev–Trinajstić information content (AvgIpc) is 1.88. The van der Waals surface area contributed by atoms with Crippen molar-refractivity contribution in [1.82, 2.24) is 0 Å². The van der Waals surface area contributed by atoms with Gasteiger partial charge in [-0.1, -0.05) is 33.6 Å². The van der Waals surface area contributed by atoms with Crippen LogP contribution in [-0.2, 0) is 0 Å². The molecule has 1 saturated carbocycles. The molecule has 0 spiro atoms. The van der Waals surface area contributed by atoms with Crippen molar-refractivity contribution in [2.75, 3.05) is 0 Å². The molecule has 10 heavy (non-hydrogen) atoms. The molecule has 1 aliphatic rings. The predicted molar refractivity (Wildman–Crippen MR) is 45.7 cm³/mol. The summed E-state index contributed by atoms with van der Waals surface area (Å²) in [6.07, 6.45) is 5.80. The van der Waals surface area contributed by atoms with Gasteiger partial charge >= 0.3 is 0 Å². The third-order valence-corrected chi connectivity index (χ3v) is 2.83. The molecule has 59 valence electrons. The topological polar surface area (TPSA) is 0 Å². The molecule has 0 aliphatic heterocycles. The van der Waals surface area contributed by atoms with Gasteiger partial charge < -0.3 is 0 Å². The van der Waals surface area contributed by atoms with E-state index >= 15 is 0 Å². The summed E-state index contributed by atoms with van der Waals surface area (Å²) >= 11 is 0. The zero-order valence-electron chi connectivity index (χ0n) is 7.48. The molecule has 0 amide bonds. The molecule has 1 aliphatic carbocycles. The van der Waals surface area contributed by atoms with Crippen molar-refractivity contribution in [3.8, 4) is 0 Å². The van der Waals surface area contributed by atoms with Crippen molar-refractivity contribution in [1.29, 1.82) is 0 Å². The molecule has 0 N–H and O–H groups in total. The van der Waals surface area contributed by atoms with Gasteiger partial charge in [-0.05, 0) is 30.6 Å². The highest BCUT2D eigenvalue weighted by atomic mass is 14.3. The van der Waals surface area contributed by atoms with E-state index in [0.717, 1.165) is 11.8 Å². The van der Waals surface area contributed by atoms with Crippen molar-refractivity contribution in [2.45, 2.75) is 46.5 Å². The first-order valence-electron chi connectivity index (χ1n) is 4.50. The van der Waals surface area contributed by atoms with Gasteiger partial charge in [0.2, 0.25) is 0 Å². The summed E-state index contributed by atoms with van der Waals surface area (Å²) < 4.78 is 0. The van der Waals surface area contributed by atoms with E-state index in [2.05, 4.69) is 20.8 Å². The lowest BCUT2D eigenvalue weighted by Gasteiger charge is -2.28. The van der Waals surface area contributed by atoms with Crippen LogP contribution in [0.4, 0.5) is 0 Å². The summed E-state index contributed by atoms with van der Waals surface area (Å²) in [6, 6.07) is 0.